The van der Waals surface area contributed by atoms with Crippen LogP contribution in [0.15, 0.2) is 66.7 Å². The largest absolute Gasteiger partial charge is 0.465 e. The first-order valence-electron chi connectivity index (χ1n) is 16.8. The van der Waals surface area contributed by atoms with Crippen molar-refractivity contribution < 1.29 is 14.3 Å². The molecular weight excluding hydrogens is 580 g/mol. The summed E-state index contributed by atoms with van der Waals surface area (Å²) in [5, 5.41) is 0.854. The van der Waals surface area contributed by atoms with E-state index < -0.39 is 5.41 Å². The van der Waals surface area contributed by atoms with Crippen LogP contribution < -0.4 is 0 Å². The Morgan fingerprint density at radius 3 is 2.36 bits per heavy atom. The Kier molecular flexibility index (Phi) is 11.5. The molecule has 0 aromatic heterocycles. The summed E-state index contributed by atoms with van der Waals surface area (Å²) in [6.07, 6.45) is 7.03. The average Bonchev–Trinajstić information content (AvgIpc) is 3.25. The van der Waals surface area contributed by atoms with Crippen molar-refractivity contribution in [3.05, 3.63) is 105 Å². The molecule has 0 N–H and O–H groups in total. The highest BCUT2D eigenvalue weighted by Crippen LogP contribution is 2.28. The third-order valence-corrected chi connectivity index (χ3v) is 10.2. The topological polar surface area (TPSA) is 49.9 Å². The van der Waals surface area contributed by atoms with E-state index in [0.29, 0.717) is 18.9 Å². The van der Waals surface area contributed by atoms with Gasteiger partial charge < -0.3 is 4.74 Å². The van der Waals surface area contributed by atoms with Gasteiger partial charge >= 0.3 is 5.97 Å². The summed E-state index contributed by atoms with van der Waals surface area (Å²) in [5.41, 5.74) is 6.25. The predicted molar refractivity (Wildman–Crippen MR) is 183 cm³/mol. The first-order chi connectivity index (χ1) is 21.7. The van der Waals surface area contributed by atoms with Gasteiger partial charge in [-0.15, -0.1) is 0 Å². The molecule has 1 fully saturated rings. The molecule has 2 aliphatic rings. The van der Waals surface area contributed by atoms with E-state index in [1.807, 2.05) is 51.1 Å². The van der Waals surface area contributed by atoms with Crippen molar-refractivity contribution in [3.8, 4) is 0 Å². The molecule has 5 rings (SSSR count). The Bertz CT molecular complexity index is 1460. The number of Topliss-reactive ketones (excluding diaryl/α,β-unsaturated/α-hetero) is 1. The Morgan fingerprint density at radius 1 is 0.867 bits per heavy atom. The zero-order chi connectivity index (χ0) is 31.8. The fraction of sp³-hybridized carbons (Fsp3) is 0.487. The van der Waals surface area contributed by atoms with Crippen LogP contribution in [0.25, 0.3) is 0 Å². The molecule has 3 aromatic rings. The van der Waals surface area contributed by atoms with E-state index in [1.165, 1.54) is 35.1 Å². The fourth-order valence-electron chi connectivity index (χ4n) is 6.85. The Balaban J connectivity index is 1.08. The van der Waals surface area contributed by atoms with Gasteiger partial charge in [0.05, 0.1) is 12.0 Å². The number of esters is 1. The Labute approximate surface area is 274 Å². The molecule has 0 amide bonds. The first kappa shape index (κ1) is 33.4. The molecule has 2 aliphatic heterocycles. The van der Waals surface area contributed by atoms with Crippen molar-refractivity contribution in [2.75, 3.05) is 32.8 Å². The molecule has 240 valence electrons. The molecule has 0 bridgehead atoms. The molecule has 0 spiro atoms. The Hall–Kier alpha value is -2.99. The minimum Gasteiger partial charge on any atom is -0.465 e. The number of hydrogen-bond donors (Lipinski definition) is 0. The molecule has 6 heteroatoms. The second-order valence-electron chi connectivity index (χ2n) is 13.4. The van der Waals surface area contributed by atoms with Crippen LogP contribution in [0.4, 0.5) is 0 Å². The second kappa shape index (κ2) is 15.5. The van der Waals surface area contributed by atoms with Gasteiger partial charge in [-0.25, -0.2) is 0 Å². The molecule has 2 heterocycles. The molecule has 0 saturated carbocycles. The fourth-order valence-corrected chi connectivity index (χ4v) is 7.04. The van der Waals surface area contributed by atoms with Crippen LogP contribution in [-0.2, 0) is 40.9 Å². The minimum atomic E-state index is -0.681. The summed E-state index contributed by atoms with van der Waals surface area (Å²) < 4.78 is 5.32. The molecule has 45 heavy (non-hydrogen) atoms. The zero-order valence-corrected chi connectivity index (χ0v) is 28.1. The summed E-state index contributed by atoms with van der Waals surface area (Å²) in [6.45, 7) is 12.0. The highest BCUT2D eigenvalue weighted by molar-refractivity contribution is 6.31. The molecule has 1 saturated heterocycles. The Morgan fingerprint density at radius 2 is 1.60 bits per heavy atom. The quantitative estimate of drug-likeness (QED) is 0.150. The summed E-state index contributed by atoms with van der Waals surface area (Å²) in [5.74, 6) is 0.787. The molecular formula is C39H49ClN2O3. The van der Waals surface area contributed by atoms with Crippen LogP contribution in [0.1, 0.15) is 91.1 Å². The number of ether oxygens (including phenoxy) is 1. The lowest BCUT2D eigenvalue weighted by Crippen LogP contribution is -2.33. The molecule has 0 atom stereocenters. The van der Waals surface area contributed by atoms with Gasteiger partial charge in [0.15, 0.2) is 5.78 Å². The van der Waals surface area contributed by atoms with Gasteiger partial charge in [-0.2, -0.15) is 0 Å². The van der Waals surface area contributed by atoms with Crippen LogP contribution in [-0.4, -0.2) is 54.3 Å². The number of ketones is 1. The van der Waals surface area contributed by atoms with E-state index in [9.17, 15) is 9.59 Å². The number of halogens is 1. The smallest absolute Gasteiger partial charge is 0.315 e. The van der Waals surface area contributed by atoms with E-state index in [1.54, 1.807) is 0 Å². The third-order valence-electron chi connectivity index (χ3n) is 9.84. The van der Waals surface area contributed by atoms with Crippen molar-refractivity contribution in [1.29, 1.82) is 0 Å². The highest BCUT2D eigenvalue weighted by Gasteiger charge is 2.31. The number of benzene rings is 3. The number of carbonyl (C=O) groups is 2. The zero-order valence-electron chi connectivity index (χ0n) is 27.3. The molecule has 0 unspecified atom stereocenters. The third kappa shape index (κ3) is 8.84. The maximum absolute atomic E-state index is 13.2. The van der Waals surface area contributed by atoms with Crippen LogP contribution >= 0.6 is 11.6 Å². The molecule has 0 aliphatic carbocycles. The van der Waals surface area contributed by atoms with Gasteiger partial charge in [-0.1, -0.05) is 66.2 Å². The lowest BCUT2D eigenvalue weighted by Gasteiger charge is -2.32. The van der Waals surface area contributed by atoms with Gasteiger partial charge in [0.25, 0.3) is 0 Å². The van der Waals surface area contributed by atoms with Crippen LogP contribution in [0.5, 0.6) is 0 Å². The first-order valence-corrected chi connectivity index (χ1v) is 17.2. The molecule has 0 radical (unpaired) electrons. The van der Waals surface area contributed by atoms with Crippen molar-refractivity contribution in [2.45, 2.75) is 84.2 Å². The number of likely N-dealkylation sites (tertiary alicyclic amines) is 1. The van der Waals surface area contributed by atoms with Gasteiger partial charge in [0, 0.05) is 43.2 Å². The minimum absolute atomic E-state index is 0.191. The van der Waals surface area contributed by atoms with Crippen LogP contribution in [0, 0.1) is 5.92 Å². The van der Waals surface area contributed by atoms with E-state index in [-0.39, 0.29) is 11.8 Å². The number of rotatable bonds is 12. The number of carbonyl (C=O) groups excluding carboxylic acids is 2. The number of hydrogen-bond acceptors (Lipinski definition) is 5. The summed E-state index contributed by atoms with van der Waals surface area (Å²) in [4.78, 5) is 30.7. The molecule has 5 nitrogen and oxygen atoms in total. The van der Waals surface area contributed by atoms with E-state index in [2.05, 4.69) is 46.2 Å². The monoisotopic (exact) mass is 628 g/mol. The second-order valence-corrected chi connectivity index (χ2v) is 13.8. The van der Waals surface area contributed by atoms with Crippen molar-refractivity contribution in [3.63, 3.8) is 0 Å². The van der Waals surface area contributed by atoms with E-state index in [0.717, 1.165) is 81.1 Å². The number of nitrogens with zero attached hydrogens (tertiary/aromatic N) is 2. The van der Waals surface area contributed by atoms with Gasteiger partial charge in [0.2, 0.25) is 0 Å². The van der Waals surface area contributed by atoms with E-state index in [4.69, 9.17) is 16.3 Å². The SMILES string of the molecule is CCOC(=O)C(C)(C)c1cccc(CN2CCc3ccc(C(=O)CCCC4CCN(Cc5ccccc5Cl)CC4)cc3CC2)c1. The predicted octanol–water partition coefficient (Wildman–Crippen LogP) is 8.05. The standard InChI is InChI=1S/C39H49ClN2O3/c1-4-45-38(44)39(2,3)35-12-7-10-30(25-35)27-41-23-19-31-15-16-33(26-32(31)20-24-41)37(43)14-8-9-29-17-21-42(22-18-29)28-34-11-5-6-13-36(34)40/h5-7,10-13,15-16,25-26,29H,4,8-9,14,17-24,27-28H2,1-3H3. The number of piperidine rings is 1. The highest BCUT2D eigenvalue weighted by atomic mass is 35.5. The van der Waals surface area contributed by atoms with Crippen molar-refractivity contribution in [1.82, 2.24) is 9.80 Å². The van der Waals surface area contributed by atoms with Crippen LogP contribution in [0.2, 0.25) is 5.02 Å². The maximum atomic E-state index is 13.2. The summed E-state index contributed by atoms with van der Waals surface area (Å²) in [6, 6.07) is 22.9. The average molecular weight is 629 g/mol. The van der Waals surface area contributed by atoms with Crippen molar-refractivity contribution >= 4 is 23.4 Å². The lowest BCUT2D eigenvalue weighted by atomic mass is 9.84. The summed E-state index contributed by atoms with van der Waals surface area (Å²) in [7, 11) is 0. The van der Waals surface area contributed by atoms with Gasteiger partial charge in [0.1, 0.15) is 0 Å². The maximum Gasteiger partial charge on any atom is 0.315 e. The molecule has 3 aromatic carbocycles. The summed E-state index contributed by atoms with van der Waals surface area (Å²) >= 11 is 6.36. The van der Waals surface area contributed by atoms with Gasteiger partial charge in [-0.3, -0.25) is 19.4 Å². The number of fused-ring (bicyclic) bond motifs is 1. The van der Waals surface area contributed by atoms with E-state index >= 15 is 0 Å². The van der Waals surface area contributed by atoms with Crippen molar-refractivity contribution in [2.24, 2.45) is 5.92 Å². The lowest BCUT2D eigenvalue weighted by molar-refractivity contribution is -0.148. The van der Waals surface area contributed by atoms with Gasteiger partial charge in [-0.05, 0) is 118 Å². The van der Waals surface area contributed by atoms with Crippen LogP contribution in [0.3, 0.4) is 0 Å². The normalized spacial score (nSPS) is 16.6.